The van der Waals surface area contributed by atoms with Gasteiger partial charge >= 0.3 is 0 Å². The quantitative estimate of drug-likeness (QED) is 0.118. The molecule has 4 aromatic rings. The van der Waals surface area contributed by atoms with Gasteiger partial charge in [0.05, 0.1) is 45.6 Å². The van der Waals surface area contributed by atoms with E-state index in [0.29, 0.717) is 0 Å². The van der Waals surface area contributed by atoms with E-state index in [1.54, 1.807) is 0 Å². The lowest BCUT2D eigenvalue weighted by Crippen LogP contribution is -2.32. The van der Waals surface area contributed by atoms with E-state index in [-0.39, 0.29) is 0 Å². The highest BCUT2D eigenvalue weighted by atomic mass is 15.1. The second-order valence-electron chi connectivity index (χ2n) is 18.4. The Labute approximate surface area is 405 Å². The predicted octanol–water partition coefficient (Wildman–Crippen LogP) is 12.7. The molecule has 336 valence electrons. The Morgan fingerprint density at radius 1 is 0.377 bits per heavy atom. The topological polar surface area (TPSA) is 59.8 Å². The summed E-state index contributed by atoms with van der Waals surface area (Å²) in [5, 5.41) is 0. The number of rotatable bonds is 10. The highest BCUT2D eigenvalue weighted by Crippen LogP contribution is 2.38. The van der Waals surface area contributed by atoms with Gasteiger partial charge in [-0.05, 0) is 140 Å². The standard InChI is InChI=1S/C62H54N7/c1-42-8-14-47(15-9-42)59-51-20-22-53(63-51)60(48-16-10-43(2)11-17-48)55-24-26-57(65-55)62(58-27-25-56(66-58)61(54-23-21-52(59)64-54)49-18-12-44(3)13-19-49)50-32-40-69(41-33-50)35-7-5-6-34-68-38-30-46(31-39-68)45-28-36-67(4)37-29-45/h8-33,36-41H,5-7,34-35H2,1-4H3/q+1. The summed E-state index contributed by atoms with van der Waals surface area (Å²) in [6.07, 6.45) is 42.1. The van der Waals surface area contributed by atoms with Crippen molar-refractivity contribution in [3.63, 3.8) is 0 Å². The third kappa shape index (κ3) is 9.11. The second-order valence-corrected chi connectivity index (χ2v) is 18.4. The molecule has 8 bridgehead atoms. The van der Waals surface area contributed by atoms with Crippen LogP contribution in [0.2, 0.25) is 0 Å². The number of nitrogens with zero attached hydrogens (tertiary/aromatic N) is 7. The minimum absolute atomic E-state index is 0.858. The van der Waals surface area contributed by atoms with Gasteiger partial charge in [0.2, 0.25) is 0 Å². The van der Waals surface area contributed by atoms with Crippen LogP contribution in [-0.4, -0.2) is 46.2 Å². The van der Waals surface area contributed by atoms with Gasteiger partial charge in [-0.25, -0.2) is 24.5 Å². The first-order chi connectivity index (χ1) is 33.8. The van der Waals surface area contributed by atoms with Crippen LogP contribution in [0, 0.1) is 20.8 Å². The highest BCUT2D eigenvalue weighted by molar-refractivity contribution is 6.39. The molecular formula is C62H54N7+. The van der Waals surface area contributed by atoms with E-state index in [1.807, 2.05) is 7.05 Å². The third-order valence-electron chi connectivity index (χ3n) is 13.3. The molecule has 0 saturated heterocycles. The van der Waals surface area contributed by atoms with Crippen LogP contribution in [0.3, 0.4) is 0 Å². The molecule has 0 spiro atoms. The molecule has 0 atom stereocenters. The number of hydrogen-bond donors (Lipinski definition) is 0. The molecule has 11 rings (SSSR count). The zero-order valence-electron chi connectivity index (χ0n) is 39.6. The van der Waals surface area contributed by atoms with Crippen LogP contribution in [0.1, 0.15) is 58.2 Å². The maximum absolute atomic E-state index is 5.48. The number of aliphatic imine (C=N–C) groups is 4. The smallest absolute Gasteiger partial charge is 0.169 e. The summed E-state index contributed by atoms with van der Waals surface area (Å²) in [5.74, 6) is 0. The summed E-state index contributed by atoms with van der Waals surface area (Å²) in [5.41, 5.74) is 21.1. The Balaban J connectivity index is 0.945. The molecule has 1 aromatic heterocycles. The molecule has 7 aliphatic rings. The van der Waals surface area contributed by atoms with Crippen molar-refractivity contribution < 1.29 is 4.57 Å². The lowest BCUT2D eigenvalue weighted by Gasteiger charge is -2.20. The van der Waals surface area contributed by atoms with Gasteiger partial charge in [0.15, 0.2) is 12.4 Å². The number of benzene rings is 3. The zero-order valence-corrected chi connectivity index (χ0v) is 39.6. The molecule has 8 heterocycles. The Hall–Kier alpha value is -8.29. The van der Waals surface area contributed by atoms with Crippen LogP contribution in [0.5, 0.6) is 0 Å². The van der Waals surface area contributed by atoms with Gasteiger partial charge in [0, 0.05) is 79.2 Å². The molecule has 0 aliphatic carbocycles. The summed E-state index contributed by atoms with van der Waals surface area (Å²) in [7, 11) is 2.04. The van der Waals surface area contributed by atoms with Crippen molar-refractivity contribution in [2.45, 2.75) is 46.6 Å². The Morgan fingerprint density at radius 2 is 0.725 bits per heavy atom. The monoisotopic (exact) mass is 896 g/mol. The molecule has 7 aliphatic heterocycles. The van der Waals surface area contributed by atoms with Crippen LogP contribution in [-0.2, 0) is 6.54 Å². The molecule has 0 radical (unpaired) electrons. The molecule has 3 aromatic carbocycles. The fourth-order valence-corrected chi connectivity index (χ4v) is 9.46. The molecule has 7 nitrogen and oxygen atoms in total. The zero-order chi connectivity index (χ0) is 46.8. The van der Waals surface area contributed by atoms with Crippen LogP contribution >= 0.6 is 0 Å². The molecule has 0 amide bonds. The van der Waals surface area contributed by atoms with Crippen LogP contribution in [0.15, 0.2) is 249 Å². The van der Waals surface area contributed by atoms with Crippen molar-refractivity contribution in [3.05, 3.63) is 268 Å². The maximum Gasteiger partial charge on any atom is 0.169 e. The van der Waals surface area contributed by atoms with Gasteiger partial charge in [0.1, 0.15) is 6.54 Å². The van der Waals surface area contributed by atoms with Gasteiger partial charge in [-0.15, -0.1) is 0 Å². The van der Waals surface area contributed by atoms with Crippen molar-refractivity contribution in [2.24, 2.45) is 20.0 Å². The van der Waals surface area contributed by atoms with Crippen molar-refractivity contribution >= 4 is 45.1 Å². The van der Waals surface area contributed by atoms with Crippen molar-refractivity contribution in [3.8, 4) is 0 Å². The van der Waals surface area contributed by atoms with E-state index in [1.165, 1.54) is 27.8 Å². The number of pyridine rings is 1. The first-order valence-electron chi connectivity index (χ1n) is 24.0. The van der Waals surface area contributed by atoms with E-state index < -0.39 is 0 Å². The lowest BCUT2D eigenvalue weighted by atomic mass is 9.97. The van der Waals surface area contributed by atoms with Gasteiger partial charge in [-0.2, -0.15) is 0 Å². The first-order valence-corrected chi connectivity index (χ1v) is 24.0. The minimum atomic E-state index is 0.858. The summed E-state index contributed by atoms with van der Waals surface area (Å²) >= 11 is 0. The van der Waals surface area contributed by atoms with Gasteiger partial charge in [-0.3, -0.25) is 0 Å². The number of unbranched alkanes of at least 4 members (excludes halogenated alkanes) is 2. The second kappa shape index (κ2) is 18.8. The molecule has 0 saturated carbocycles. The summed E-state index contributed by atoms with van der Waals surface area (Å²) in [6.45, 7) is 8.30. The van der Waals surface area contributed by atoms with E-state index in [9.17, 15) is 0 Å². The Morgan fingerprint density at radius 3 is 1.10 bits per heavy atom. The van der Waals surface area contributed by atoms with Crippen molar-refractivity contribution in [1.82, 2.24) is 9.80 Å². The van der Waals surface area contributed by atoms with E-state index >= 15 is 0 Å². The summed E-state index contributed by atoms with van der Waals surface area (Å²) in [4.78, 5) is 26.2. The van der Waals surface area contributed by atoms with E-state index in [0.717, 1.165) is 123 Å². The SMILES string of the molecule is Cc1ccc(C2=C3C=CC(=N3)C(c3ccc(C)cc3)=C3C=CC(=N3)C(c3cc[n+](CCCCCN4C=CC(=C5C=CN(C)C=C5)C=C4)cc3)=C3C=CC(=N3)C(c3ccc(C)cc3)=C3C=CC2=N3)cc1. The van der Waals surface area contributed by atoms with Crippen molar-refractivity contribution in [1.29, 1.82) is 0 Å². The normalized spacial score (nSPS) is 18.0. The average Bonchev–Trinajstić information content (AvgIpc) is 4.23. The molecule has 0 unspecified atom stereocenters. The highest BCUT2D eigenvalue weighted by Gasteiger charge is 2.28. The van der Waals surface area contributed by atoms with Gasteiger partial charge in [0.25, 0.3) is 0 Å². The Bertz CT molecular complexity index is 3240. The van der Waals surface area contributed by atoms with Crippen molar-refractivity contribution in [2.75, 3.05) is 13.6 Å². The van der Waals surface area contributed by atoms with E-state index in [4.69, 9.17) is 20.0 Å². The van der Waals surface area contributed by atoms with Gasteiger partial charge in [-0.1, -0.05) is 89.5 Å². The molecule has 7 heteroatoms. The summed E-state index contributed by atoms with van der Waals surface area (Å²) in [6, 6.07) is 30.4. The molecular weight excluding hydrogens is 843 g/mol. The molecule has 0 N–H and O–H groups in total. The largest absolute Gasteiger partial charge is 0.357 e. The summed E-state index contributed by atoms with van der Waals surface area (Å²) < 4.78 is 2.29. The first kappa shape index (κ1) is 43.3. The number of aromatic nitrogens is 1. The third-order valence-corrected chi connectivity index (χ3v) is 13.3. The number of aryl methyl sites for hydroxylation is 4. The minimum Gasteiger partial charge on any atom is -0.357 e. The molecule has 69 heavy (non-hydrogen) atoms. The lowest BCUT2D eigenvalue weighted by molar-refractivity contribution is -0.697. The van der Waals surface area contributed by atoms with E-state index in [2.05, 4.69) is 230 Å². The Kier molecular flexibility index (Phi) is 11.8. The molecule has 0 fully saturated rings. The number of hydrogen-bond acceptors (Lipinski definition) is 6. The fraction of sp³-hybridized carbons (Fsp3) is 0.145. The van der Waals surface area contributed by atoms with Gasteiger partial charge < -0.3 is 9.80 Å². The van der Waals surface area contributed by atoms with Crippen LogP contribution < -0.4 is 4.57 Å². The fourth-order valence-electron chi connectivity index (χ4n) is 9.46. The number of fused-ring (bicyclic) bond motifs is 4. The maximum atomic E-state index is 5.48. The van der Waals surface area contributed by atoms with Crippen LogP contribution in [0.25, 0.3) is 22.3 Å². The number of allylic oxidation sites excluding steroid dienone is 18. The average molecular weight is 897 g/mol. The predicted molar refractivity (Wildman–Crippen MR) is 286 cm³/mol. The van der Waals surface area contributed by atoms with Crippen LogP contribution in [0.4, 0.5) is 0 Å².